The highest BCUT2D eigenvalue weighted by molar-refractivity contribution is 14.0. The maximum absolute atomic E-state index is 12.1. The van der Waals surface area contributed by atoms with E-state index in [1.165, 1.54) is 0 Å². The summed E-state index contributed by atoms with van der Waals surface area (Å²) in [6.07, 6.45) is 0.754. The minimum absolute atomic E-state index is 0. The van der Waals surface area contributed by atoms with E-state index >= 15 is 0 Å². The third-order valence-corrected chi connectivity index (χ3v) is 5.08. The van der Waals surface area contributed by atoms with E-state index < -0.39 is 0 Å². The maximum Gasteiger partial charge on any atom is 0.253 e. The van der Waals surface area contributed by atoms with Crippen LogP contribution in [0.25, 0.3) is 0 Å². The Bertz CT molecular complexity index is 874. The largest absolute Gasteiger partial charge is 0.357 e. The Morgan fingerprint density at radius 1 is 1.03 bits per heavy atom. The van der Waals surface area contributed by atoms with E-state index in [0.29, 0.717) is 28.7 Å². The molecule has 0 aliphatic rings. The van der Waals surface area contributed by atoms with E-state index in [1.54, 1.807) is 25.1 Å². The normalized spacial score (nSPS) is 10.9. The third kappa shape index (κ3) is 7.96. The van der Waals surface area contributed by atoms with E-state index in [4.69, 9.17) is 28.2 Å². The Hall–Kier alpha value is -1.51. The van der Waals surface area contributed by atoms with Gasteiger partial charge in [0.15, 0.2) is 5.96 Å². The molecular weight excluding hydrogens is 534 g/mol. The van der Waals surface area contributed by atoms with E-state index in [1.807, 2.05) is 50.4 Å². The number of carbonyl (C=O) groups excluding carboxylic acids is 1. The lowest BCUT2D eigenvalue weighted by molar-refractivity contribution is 0.0827. The summed E-state index contributed by atoms with van der Waals surface area (Å²) in [4.78, 5) is 20.5. The number of nitrogens with one attached hydrogen (secondary N) is 1. The monoisotopic (exact) mass is 562 g/mol. The zero-order valence-electron chi connectivity index (χ0n) is 17.8. The summed E-state index contributed by atoms with van der Waals surface area (Å²) in [5, 5.41) is 4.41. The van der Waals surface area contributed by atoms with Crippen LogP contribution in [0, 0.1) is 0 Å². The third-order valence-electron chi connectivity index (χ3n) is 4.34. The average molecular weight is 563 g/mol. The molecule has 0 unspecified atom stereocenters. The molecule has 1 N–H and O–H groups in total. The summed E-state index contributed by atoms with van der Waals surface area (Å²) < 4.78 is 0. The standard InChI is InChI=1S/C22H28Cl2N4O.HI/c1-5-25-22(28(4)15-17-9-10-19(23)20(24)14-17)26-12-11-16-7-6-8-18(13-16)21(29)27(2)3;/h6-10,13-14H,5,11-12,15H2,1-4H3,(H,25,26);1H. The molecule has 0 aliphatic heterocycles. The van der Waals surface area contributed by atoms with Gasteiger partial charge in [0.05, 0.1) is 10.0 Å². The van der Waals surface area contributed by atoms with Crippen molar-refractivity contribution < 1.29 is 4.79 Å². The first-order chi connectivity index (χ1) is 13.8. The van der Waals surface area contributed by atoms with Crippen LogP contribution < -0.4 is 5.32 Å². The van der Waals surface area contributed by atoms with Crippen molar-refractivity contribution in [1.82, 2.24) is 15.1 Å². The number of guanidine groups is 1. The number of carbonyl (C=O) groups is 1. The molecule has 2 aromatic rings. The van der Waals surface area contributed by atoms with Crippen molar-refractivity contribution in [2.45, 2.75) is 19.9 Å². The number of benzene rings is 2. The van der Waals surface area contributed by atoms with Crippen LogP contribution in [0.1, 0.15) is 28.4 Å². The van der Waals surface area contributed by atoms with Crippen LogP contribution >= 0.6 is 47.2 Å². The molecule has 0 heterocycles. The molecule has 0 atom stereocenters. The van der Waals surface area contributed by atoms with Crippen molar-refractivity contribution in [3.8, 4) is 0 Å². The number of hydrogen-bond donors (Lipinski definition) is 1. The van der Waals surface area contributed by atoms with Crippen LogP contribution in [0.3, 0.4) is 0 Å². The van der Waals surface area contributed by atoms with Gasteiger partial charge in [-0.15, -0.1) is 24.0 Å². The summed E-state index contributed by atoms with van der Waals surface area (Å²) >= 11 is 12.1. The first-order valence-corrected chi connectivity index (χ1v) is 10.3. The highest BCUT2D eigenvalue weighted by Gasteiger charge is 2.10. The van der Waals surface area contributed by atoms with Crippen molar-refractivity contribution in [1.29, 1.82) is 0 Å². The lowest BCUT2D eigenvalue weighted by Crippen LogP contribution is -2.38. The Labute approximate surface area is 206 Å². The van der Waals surface area contributed by atoms with Crippen molar-refractivity contribution in [2.24, 2.45) is 4.99 Å². The fourth-order valence-corrected chi connectivity index (χ4v) is 3.19. The van der Waals surface area contributed by atoms with Crippen LogP contribution in [0.4, 0.5) is 0 Å². The molecule has 8 heteroatoms. The van der Waals surface area contributed by atoms with Gasteiger partial charge in [-0.25, -0.2) is 0 Å². The molecule has 0 saturated carbocycles. The minimum atomic E-state index is 0. The second kappa shape index (κ2) is 13.0. The van der Waals surface area contributed by atoms with Gasteiger partial charge in [0, 0.05) is 46.3 Å². The van der Waals surface area contributed by atoms with Crippen LogP contribution in [-0.2, 0) is 13.0 Å². The van der Waals surface area contributed by atoms with Crippen LogP contribution in [0.15, 0.2) is 47.5 Å². The van der Waals surface area contributed by atoms with Gasteiger partial charge in [0.25, 0.3) is 5.91 Å². The SMILES string of the molecule is CCNC(=NCCc1cccc(C(=O)N(C)C)c1)N(C)Cc1ccc(Cl)c(Cl)c1.I. The Morgan fingerprint density at radius 2 is 1.77 bits per heavy atom. The van der Waals surface area contributed by atoms with Gasteiger partial charge < -0.3 is 15.1 Å². The molecule has 0 aromatic heterocycles. The number of halogens is 3. The van der Waals surface area contributed by atoms with Gasteiger partial charge >= 0.3 is 0 Å². The fraction of sp³-hybridized carbons (Fsp3) is 0.364. The second-order valence-electron chi connectivity index (χ2n) is 6.99. The van der Waals surface area contributed by atoms with Crippen molar-refractivity contribution in [3.63, 3.8) is 0 Å². The molecule has 0 fully saturated rings. The first kappa shape index (κ1) is 26.5. The first-order valence-electron chi connectivity index (χ1n) is 9.55. The lowest BCUT2D eigenvalue weighted by atomic mass is 10.1. The zero-order chi connectivity index (χ0) is 21.4. The molecule has 0 bridgehead atoms. The summed E-state index contributed by atoms with van der Waals surface area (Å²) in [5.74, 6) is 0.823. The second-order valence-corrected chi connectivity index (χ2v) is 7.80. The molecule has 2 aromatic carbocycles. The van der Waals surface area contributed by atoms with Crippen LogP contribution in [0.5, 0.6) is 0 Å². The van der Waals surface area contributed by atoms with Crippen molar-refractivity contribution in [3.05, 3.63) is 69.2 Å². The molecule has 5 nitrogen and oxygen atoms in total. The molecule has 164 valence electrons. The Balaban J connectivity index is 0.00000450. The predicted octanol–water partition coefficient (Wildman–Crippen LogP) is 4.95. The van der Waals surface area contributed by atoms with Gasteiger partial charge in [-0.3, -0.25) is 9.79 Å². The lowest BCUT2D eigenvalue weighted by Gasteiger charge is -2.22. The van der Waals surface area contributed by atoms with Gasteiger partial charge in [0.2, 0.25) is 0 Å². The van der Waals surface area contributed by atoms with E-state index in [0.717, 1.165) is 30.1 Å². The molecule has 2 rings (SSSR count). The Morgan fingerprint density at radius 3 is 2.40 bits per heavy atom. The number of aliphatic imine (C=N–C) groups is 1. The molecule has 0 aliphatic carbocycles. The minimum Gasteiger partial charge on any atom is -0.357 e. The highest BCUT2D eigenvalue weighted by Crippen LogP contribution is 2.23. The molecular formula is C22H29Cl2IN4O. The molecule has 0 saturated heterocycles. The van der Waals surface area contributed by atoms with Gasteiger partial charge in [-0.05, 0) is 48.7 Å². The van der Waals surface area contributed by atoms with Crippen molar-refractivity contribution >= 4 is 59.0 Å². The van der Waals surface area contributed by atoms with Crippen molar-refractivity contribution in [2.75, 3.05) is 34.2 Å². The van der Waals surface area contributed by atoms with E-state index in [2.05, 4.69) is 10.2 Å². The smallest absolute Gasteiger partial charge is 0.253 e. The number of amides is 1. The van der Waals surface area contributed by atoms with Crippen LogP contribution in [-0.4, -0.2) is 55.9 Å². The summed E-state index contributed by atoms with van der Waals surface area (Å²) in [5.41, 5.74) is 2.84. The molecule has 30 heavy (non-hydrogen) atoms. The number of rotatable bonds is 7. The summed E-state index contributed by atoms with van der Waals surface area (Å²) in [7, 11) is 5.50. The molecule has 1 amide bonds. The van der Waals surface area contributed by atoms with E-state index in [-0.39, 0.29) is 29.9 Å². The molecule has 0 radical (unpaired) electrons. The zero-order valence-corrected chi connectivity index (χ0v) is 21.6. The van der Waals surface area contributed by atoms with Crippen LogP contribution in [0.2, 0.25) is 10.0 Å². The fourth-order valence-electron chi connectivity index (χ4n) is 2.87. The number of nitrogens with zero attached hydrogens (tertiary/aromatic N) is 3. The highest BCUT2D eigenvalue weighted by atomic mass is 127. The van der Waals surface area contributed by atoms with Gasteiger partial charge in [-0.2, -0.15) is 0 Å². The topological polar surface area (TPSA) is 47.9 Å². The number of hydrogen-bond acceptors (Lipinski definition) is 2. The summed E-state index contributed by atoms with van der Waals surface area (Å²) in [6, 6.07) is 13.3. The van der Waals surface area contributed by atoms with Gasteiger partial charge in [0.1, 0.15) is 0 Å². The summed E-state index contributed by atoms with van der Waals surface area (Å²) in [6.45, 7) is 4.10. The Kier molecular flexibility index (Phi) is 11.5. The van der Waals surface area contributed by atoms with E-state index in [9.17, 15) is 4.79 Å². The predicted molar refractivity (Wildman–Crippen MR) is 137 cm³/mol. The molecule has 0 spiro atoms. The average Bonchev–Trinajstić information content (AvgIpc) is 2.69. The quantitative estimate of drug-likeness (QED) is 0.295. The van der Waals surface area contributed by atoms with Gasteiger partial charge in [-0.1, -0.05) is 41.4 Å². The maximum atomic E-state index is 12.1.